The molecule has 296 valence electrons. The summed E-state index contributed by atoms with van der Waals surface area (Å²) in [7, 11) is 0. The van der Waals surface area contributed by atoms with Crippen LogP contribution in [-0.4, -0.2) is 4.57 Å². The fourth-order valence-electron chi connectivity index (χ4n) is 11.1. The number of para-hydroxylation sites is 3. The van der Waals surface area contributed by atoms with Gasteiger partial charge in [0.15, 0.2) is 0 Å². The Morgan fingerprint density at radius 1 is 0.371 bits per heavy atom. The van der Waals surface area contributed by atoms with Crippen molar-refractivity contribution < 1.29 is 0 Å². The zero-order valence-electron chi connectivity index (χ0n) is 35.5. The Kier molecular flexibility index (Phi) is 7.96. The zero-order chi connectivity index (χ0) is 41.7. The minimum Gasteiger partial charge on any atom is -0.310 e. The lowest BCUT2D eigenvalue weighted by atomic mass is 9.79. The molecule has 1 heterocycles. The van der Waals surface area contributed by atoms with Crippen molar-refractivity contribution in [3.63, 3.8) is 0 Å². The average molecular weight is 795 g/mol. The van der Waals surface area contributed by atoms with Crippen LogP contribution in [0.4, 0.5) is 17.1 Å². The van der Waals surface area contributed by atoms with E-state index in [0.717, 1.165) is 22.7 Å². The molecule has 2 aliphatic rings. The number of hydrogen-bond donors (Lipinski definition) is 0. The first-order valence-corrected chi connectivity index (χ1v) is 21.9. The minimum absolute atomic E-state index is 0.101. The van der Waals surface area contributed by atoms with E-state index in [1.54, 1.807) is 0 Å². The third-order valence-corrected chi connectivity index (χ3v) is 14.0. The third-order valence-electron chi connectivity index (χ3n) is 14.0. The van der Waals surface area contributed by atoms with E-state index in [0.29, 0.717) is 0 Å². The summed E-state index contributed by atoms with van der Waals surface area (Å²) >= 11 is 0. The monoisotopic (exact) mass is 794 g/mol. The molecule has 0 saturated heterocycles. The van der Waals surface area contributed by atoms with E-state index in [2.05, 4.69) is 243 Å². The Morgan fingerprint density at radius 3 is 1.74 bits per heavy atom. The van der Waals surface area contributed by atoms with Crippen molar-refractivity contribution >= 4 is 38.9 Å². The fraction of sp³-hybridized carbons (Fsp3) is 0.100. The molecule has 0 bridgehead atoms. The number of benzene rings is 9. The summed E-state index contributed by atoms with van der Waals surface area (Å²) in [6, 6.07) is 76.5. The first-order valence-electron chi connectivity index (χ1n) is 21.9. The van der Waals surface area contributed by atoms with Gasteiger partial charge in [-0.15, -0.1) is 0 Å². The van der Waals surface area contributed by atoms with Gasteiger partial charge in [0.05, 0.1) is 16.7 Å². The Hall–Kier alpha value is -7.42. The quantitative estimate of drug-likeness (QED) is 0.163. The molecule has 0 amide bonds. The Balaban J connectivity index is 1.08. The predicted molar refractivity (Wildman–Crippen MR) is 261 cm³/mol. The predicted octanol–water partition coefficient (Wildman–Crippen LogP) is 16.2. The molecule has 0 unspecified atom stereocenters. The molecule has 12 rings (SSSR count). The molecule has 0 saturated carbocycles. The summed E-state index contributed by atoms with van der Waals surface area (Å²) in [5.41, 5.74) is 22.5. The smallest absolute Gasteiger partial charge is 0.0561 e. The van der Waals surface area contributed by atoms with Crippen LogP contribution < -0.4 is 4.90 Å². The molecule has 10 aromatic rings. The van der Waals surface area contributed by atoms with Gasteiger partial charge in [-0.3, -0.25) is 0 Å². The highest BCUT2D eigenvalue weighted by molar-refractivity contribution is 6.11. The lowest BCUT2D eigenvalue weighted by Gasteiger charge is -2.29. The van der Waals surface area contributed by atoms with Gasteiger partial charge in [-0.05, 0) is 110 Å². The van der Waals surface area contributed by atoms with Gasteiger partial charge >= 0.3 is 0 Å². The van der Waals surface area contributed by atoms with E-state index >= 15 is 0 Å². The van der Waals surface area contributed by atoms with E-state index in [4.69, 9.17) is 0 Å². The SMILES string of the molecule is CC1(C)c2ccccc2-c2c(-c3ccccc3N(c3ccc(-c4cccc5c4C(C)(C)c4ccccc4-5)cc3)c3ccc4c5ccccc5n(-c5ccccc5)c4c3)cccc21. The lowest BCUT2D eigenvalue weighted by Crippen LogP contribution is -2.16. The second kappa shape index (κ2) is 13.5. The van der Waals surface area contributed by atoms with Crippen LogP contribution in [0.15, 0.2) is 206 Å². The highest BCUT2D eigenvalue weighted by atomic mass is 15.1. The molecule has 0 aliphatic heterocycles. The van der Waals surface area contributed by atoms with Gasteiger partial charge in [-0.1, -0.05) is 185 Å². The molecule has 0 N–H and O–H groups in total. The summed E-state index contributed by atoms with van der Waals surface area (Å²) in [6.07, 6.45) is 0. The highest BCUT2D eigenvalue weighted by Crippen LogP contribution is 2.55. The topological polar surface area (TPSA) is 8.17 Å². The van der Waals surface area contributed by atoms with Crippen LogP contribution in [0.25, 0.3) is 72.0 Å². The van der Waals surface area contributed by atoms with Crippen LogP contribution in [0.1, 0.15) is 49.9 Å². The molecule has 2 aliphatic carbocycles. The van der Waals surface area contributed by atoms with Gasteiger partial charge in [0, 0.05) is 44.2 Å². The summed E-state index contributed by atoms with van der Waals surface area (Å²) in [5, 5.41) is 2.48. The zero-order valence-corrected chi connectivity index (χ0v) is 35.5. The number of fused-ring (bicyclic) bond motifs is 9. The maximum atomic E-state index is 2.48. The molecule has 2 nitrogen and oxygen atoms in total. The van der Waals surface area contributed by atoms with Crippen LogP contribution in [0.2, 0.25) is 0 Å². The number of nitrogens with zero attached hydrogens (tertiary/aromatic N) is 2. The van der Waals surface area contributed by atoms with E-state index in [1.807, 2.05) is 0 Å². The summed E-state index contributed by atoms with van der Waals surface area (Å²) < 4.78 is 2.42. The maximum absolute atomic E-state index is 2.48. The van der Waals surface area contributed by atoms with Crippen LogP contribution in [0, 0.1) is 0 Å². The summed E-state index contributed by atoms with van der Waals surface area (Å²) in [5.74, 6) is 0. The van der Waals surface area contributed by atoms with Gasteiger partial charge in [0.25, 0.3) is 0 Å². The first kappa shape index (κ1) is 36.4. The molecular weight excluding hydrogens is 749 g/mol. The van der Waals surface area contributed by atoms with Gasteiger partial charge in [-0.25, -0.2) is 0 Å². The van der Waals surface area contributed by atoms with Crippen molar-refractivity contribution in [1.29, 1.82) is 0 Å². The number of hydrogen-bond acceptors (Lipinski definition) is 1. The van der Waals surface area contributed by atoms with Crippen molar-refractivity contribution in [1.82, 2.24) is 4.57 Å². The van der Waals surface area contributed by atoms with Gasteiger partial charge in [0.1, 0.15) is 0 Å². The second-order valence-corrected chi connectivity index (χ2v) is 18.1. The van der Waals surface area contributed by atoms with Crippen LogP contribution >= 0.6 is 0 Å². The maximum Gasteiger partial charge on any atom is 0.0561 e. The molecule has 2 heteroatoms. The molecule has 0 fully saturated rings. The molecule has 1 aromatic heterocycles. The molecule has 0 spiro atoms. The van der Waals surface area contributed by atoms with Crippen LogP contribution in [0.3, 0.4) is 0 Å². The standard InChI is InChI=1S/C60H46N2/c1-59(2)52-28-13-9-23-50(52)57-48(25-17-29-53(57)59)46-22-11-14-30-54(46)61(42-36-37-47-45-21-10-15-31-55(45)62(56(47)38-42)40-18-6-5-7-19-40)41-34-32-39(33-35-41)43-24-16-26-49-44-20-8-12-27-51(44)60(3,4)58(43)49/h5-38H,1-4H3. The summed E-state index contributed by atoms with van der Waals surface area (Å²) in [6.45, 7) is 9.48. The molecule has 0 radical (unpaired) electrons. The van der Waals surface area contributed by atoms with Crippen molar-refractivity contribution in [2.24, 2.45) is 0 Å². The van der Waals surface area contributed by atoms with E-state index in [-0.39, 0.29) is 10.8 Å². The average Bonchev–Trinajstić information content (AvgIpc) is 3.87. The van der Waals surface area contributed by atoms with E-state index in [9.17, 15) is 0 Å². The van der Waals surface area contributed by atoms with Crippen molar-refractivity contribution in [2.75, 3.05) is 4.90 Å². The molecule has 9 aromatic carbocycles. The Labute approximate surface area is 364 Å². The van der Waals surface area contributed by atoms with Gasteiger partial charge < -0.3 is 9.47 Å². The van der Waals surface area contributed by atoms with Crippen molar-refractivity contribution in [2.45, 2.75) is 38.5 Å². The fourth-order valence-corrected chi connectivity index (χ4v) is 11.1. The minimum atomic E-state index is -0.109. The normalized spacial score (nSPS) is 14.1. The van der Waals surface area contributed by atoms with E-state index < -0.39 is 0 Å². The summed E-state index contributed by atoms with van der Waals surface area (Å²) in [4.78, 5) is 2.48. The molecule has 0 atom stereocenters. The van der Waals surface area contributed by atoms with E-state index in [1.165, 1.54) is 88.6 Å². The van der Waals surface area contributed by atoms with Crippen LogP contribution in [0.5, 0.6) is 0 Å². The number of anilines is 3. The van der Waals surface area contributed by atoms with Crippen molar-refractivity contribution in [3.05, 3.63) is 229 Å². The second-order valence-electron chi connectivity index (χ2n) is 18.1. The lowest BCUT2D eigenvalue weighted by molar-refractivity contribution is 0.660. The van der Waals surface area contributed by atoms with Crippen LogP contribution in [-0.2, 0) is 10.8 Å². The number of rotatable bonds is 6. The van der Waals surface area contributed by atoms with Gasteiger partial charge in [-0.2, -0.15) is 0 Å². The third kappa shape index (κ3) is 5.23. The molecule has 62 heavy (non-hydrogen) atoms. The van der Waals surface area contributed by atoms with Gasteiger partial charge in [0.2, 0.25) is 0 Å². The van der Waals surface area contributed by atoms with Crippen molar-refractivity contribution in [3.8, 4) is 50.2 Å². The number of aromatic nitrogens is 1. The Bertz CT molecular complexity index is 3400. The first-order chi connectivity index (χ1) is 30.3. The highest BCUT2D eigenvalue weighted by Gasteiger charge is 2.38. The molecular formula is C60H46N2. The largest absolute Gasteiger partial charge is 0.310 e. The Morgan fingerprint density at radius 2 is 0.935 bits per heavy atom.